The zero-order valence-corrected chi connectivity index (χ0v) is 8.34. The average molecular weight is 181 g/mol. The summed E-state index contributed by atoms with van der Waals surface area (Å²) in [7, 11) is 0. The fourth-order valence-electron chi connectivity index (χ4n) is 2.36. The van der Waals surface area contributed by atoms with Gasteiger partial charge in [-0.05, 0) is 40.1 Å². The molecule has 0 aromatic carbocycles. The Labute approximate surface area is 77.6 Å². The summed E-state index contributed by atoms with van der Waals surface area (Å²) in [5.74, 6) is 2.04. The van der Waals surface area contributed by atoms with Gasteiger partial charge >= 0.3 is 0 Å². The zero-order chi connectivity index (χ0) is 8.72. The fraction of sp³-hybridized carbons (Fsp3) is 0.600. The second kappa shape index (κ2) is 2.86. The molecule has 0 spiro atoms. The van der Waals surface area contributed by atoms with E-state index in [1.165, 1.54) is 5.56 Å². The number of hydrogen-bond acceptors (Lipinski definition) is 2. The lowest BCUT2D eigenvalue weighted by Crippen LogP contribution is -2.52. The molecule has 0 radical (unpaired) electrons. The monoisotopic (exact) mass is 181 g/mol. The molecule has 66 valence electrons. The Morgan fingerprint density at radius 1 is 1.33 bits per heavy atom. The Bertz CT molecular complexity index is 245. The molecule has 0 bridgehead atoms. The van der Waals surface area contributed by atoms with E-state index in [1.54, 1.807) is 11.3 Å². The maximum absolute atomic E-state index is 5.97. The van der Waals surface area contributed by atoms with Gasteiger partial charge in [-0.2, -0.15) is 11.3 Å². The van der Waals surface area contributed by atoms with Gasteiger partial charge in [0.25, 0.3) is 0 Å². The van der Waals surface area contributed by atoms with Crippen LogP contribution in [0.5, 0.6) is 0 Å². The molecule has 1 aliphatic rings. The first kappa shape index (κ1) is 8.27. The summed E-state index contributed by atoms with van der Waals surface area (Å²) in [5.41, 5.74) is 7.45. The standard InChI is InChI=1S/C10H15NS/c1-6-9(7(2)10(6)11)8-3-4-12-5-8/h3-7,9-10H,11H2,1-2H3. The molecule has 1 aromatic rings. The predicted octanol–water partition coefficient (Wildman–Crippen LogP) is 2.44. The normalized spacial score (nSPS) is 40.9. The Balaban J connectivity index is 2.17. The van der Waals surface area contributed by atoms with Crippen LogP contribution in [0.3, 0.4) is 0 Å². The van der Waals surface area contributed by atoms with Gasteiger partial charge in [-0.25, -0.2) is 0 Å². The largest absolute Gasteiger partial charge is 0.327 e. The highest BCUT2D eigenvalue weighted by atomic mass is 32.1. The highest BCUT2D eigenvalue weighted by molar-refractivity contribution is 7.07. The summed E-state index contributed by atoms with van der Waals surface area (Å²) in [6.07, 6.45) is 0. The molecule has 12 heavy (non-hydrogen) atoms. The van der Waals surface area contributed by atoms with E-state index in [-0.39, 0.29) is 0 Å². The topological polar surface area (TPSA) is 26.0 Å². The van der Waals surface area contributed by atoms with Gasteiger partial charge in [0, 0.05) is 6.04 Å². The van der Waals surface area contributed by atoms with Crippen molar-refractivity contribution in [2.24, 2.45) is 17.6 Å². The SMILES string of the molecule is CC1C(N)C(C)C1c1ccsc1. The van der Waals surface area contributed by atoms with E-state index in [0.717, 1.165) is 0 Å². The van der Waals surface area contributed by atoms with E-state index < -0.39 is 0 Å². The summed E-state index contributed by atoms with van der Waals surface area (Å²) < 4.78 is 0. The second-order valence-corrected chi connectivity index (χ2v) is 4.66. The average Bonchev–Trinajstić information content (AvgIpc) is 2.57. The van der Waals surface area contributed by atoms with Crippen LogP contribution < -0.4 is 5.73 Å². The number of hydrogen-bond donors (Lipinski definition) is 1. The lowest BCUT2D eigenvalue weighted by atomic mass is 9.60. The number of nitrogens with two attached hydrogens (primary N) is 1. The maximum atomic E-state index is 5.97. The van der Waals surface area contributed by atoms with Crippen LogP contribution in [0.15, 0.2) is 16.8 Å². The molecule has 1 aliphatic carbocycles. The van der Waals surface area contributed by atoms with Crippen LogP contribution >= 0.6 is 11.3 Å². The highest BCUT2D eigenvalue weighted by Gasteiger charge is 2.43. The van der Waals surface area contributed by atoms with Crippen molar-refractivity contribution in [1.29, 1.82) is 0 Å². The van der Waals surface area contributed by atoms with Gasteiger partial charge in [0.1, 0.15) is 0 Å². The number of thiophene rings is 1. The van der Waals surface area contributed by atoms with Crippen LogP contribution in [0.1, 0.15) is 25.3 Å². The van der Waals surface area contributed by atoms with Crippen molar-refractivity contribution < 1.29 is 0 Å². The minimum absolute atomic E-state index is 0.412. The van der Waals surface area contributed by atoms with Crippen molar-refractivity contribution in [3.05, 3.63) is 22.4 Å². The fourth-order valence-corrected chi connectivity index (χ4v) is 3.07. The molecule has 2 heteroatoms. The third-order valence-corrected chi connectivity index (χ3v) is 3.98. The smallest absolute Gasteiger partial charge is 0.0102 e. The quantitative estimate of drug-likeness (QED) is 0.707. The van der Waals surface area contributed by atoms with E-state index in [9.17, 15) is 0 Å². The van der Waals surface area contributed by atoms with Crippen molar-refractivity contribution in [3.63, 3.8) is 0 Å². The van der Waals surface area contributed by atoms with Crippen LogP contribution in [0.2, 0.25) is 0 Å². The molecular weight excluding hydrogens is 166 g/mol. The van der Waals surface area contributed by atoms with Crippen molar-refractivity contribution in [2.45, 2.75) is 25.8 Å². The molecule has 2 unspecified atom stereocenters. The van der Waals surface area contributed by atoms with Crippen molar-refractivity contribution in [2.75, 3.05) is 0 Å². The Morgan fingerprint density at radius 2 is 2.00 bits per heavy atom. The Kier molecular flexibility index (Phi) is 1.97. The van der Waals surface area contributed by atoms with Crippen molar-refractivity contribution in [3.8, 4) is 0 Å². The summed E-state index contributed by atoms with van der Waals surface area (Å²) in [6.45, 7) is 4.51. The lowest BCUT2D eigenvalue weighted by molar-refractivity contribution is 0.130. The van der Waals surface area contributed by atoms with Gasteiger partial charge in [0.05, 0.1) is 0 Å². The molecule has 1 saturated carbocycles. The van der Waals surface area contributed by atoms with Gasteiger partial charge in [-0.3, -0.25) is 0 Å². The maximum Gasteiger partial charge on any atom is 0.0102 e. The first-order valence-corrected chi connectivity index (χ1v) is 5.43. The van der Waals surface area contributed by atoms with Gasteiger partial charge in [-0.15, -0.1) is 0 Å². The molecule has 2 atom stereocenters. The molecule has 1 fully saturated rings. The van der Waals surface area contributed by atoms with Gasteiger partial charge in [0.2, 0.25) is 0 Å². The Hall–Kier alpha value is -0.340. The molecule has 2 N–H and O–H groups in total. The Morgan fingerprint density at radius 3 is 2.50 bits per heavy atom. The summed E-state index contributed by atoms with van der Waals surface area (Å²) >= 11 is 1.78. The molecule has 2 rings (SSSR count). The second-order valence-electron chi connectivity index (χ2n) is 3.88. The first-order valence-electron chi connectivity index (χ1n) is 4.49. The van der Waals surface area contributed by atoms with Crippen LogP contribution in [0, 0.1) is 11.8 Å². The molecule has 0 aliphatic heterocycles. The molecule has 1 heterocycles. The third kappa shape index (κ3) is 1.02. The van der Waals surface area contributed by atoms with Gasteiger partial charge in [0.15, 0.2) is 0 Å². The van der Waals surface area contributed by atoms with E-state index >= 15 is 0 Å². The van der Waals surface area contributed by atoms with E-state index in [0.29, 0.717) is 23.8 Å². The third-order valence-electron chi connectivity index (χ3n) is 3.28. The highest BCUT2D eigenvalue weighted by Crippen LogP contribution is 2.46. The molecule has 0 saturated heterocycles. The van der Waals surface area contributed by atoms with Crippen molar-refractivity contribution >= 4 is 11.3 Å². The molecule has 1 aromatic heterocycles. The minimum atomic E-state index is 0.412. The van der Waals surface area contributed by atoms with Crippen LogP contribution in [-0.2, 0) is 0 Å². The van der Waals surface area contributed by atoms with Gasteiger partial charge in [-0.1, -0.05) is 13.8 Å². The number of rotatable bonds is 1. The lowest BCUT2D eigenvalue weighted by Gasteiger charge is -2.47. The van der Waals surface area contributed by atoms with Crippen LogP contribution in [-0.4, -0.2) is 6.04 Å². The summed E-state index contributed by atoms with van der Waals surface area (Å²) in [6, 6.07) is 2.64. The van der Waals surface area contributed by atoms with Crippen LogP contribution in [0.4, 0.5) is 0 Å². The molecule has 0 amide bonds. The van der Waals surface area contributed by atoms with E-state index in [1.807, 2.05) is 0 Å². The molecular formula is C10H15NS. The first-order chi connectivity index (χ1) is 5.72. The predicted molar refractivity (Wildman–Crippen MR) is 53.4 cm³/mol. The van der Waals surface area contributed by atoms with E-state index in [2.05, 4.69) is 30.7 Å². The zero-order valence-electron chi connectivity index (χ0n) is 7.53. The van der Waals surface area contributed by atoms with E-state index in [4.69, 9.17) is 5.73 Å². The van der Waals surface area contributed by atoms with Crippen LogP contribution in [0.25, 0.3) is 0 Å². The summed E-state index contributed by atoms with van der Waals surface area (Å²) in [5, 5.41) is 4.40. The van der Waals surface area contributed by atoms with Crippen molar-refractivity contribution in [1.82, 2.24) is 0 Å². The molecule has 1 nitrogen and oxygen atoms in total. The minimum Gasteiger partial charge on any atom is -0.327 e. The van der Waals surface area contributed by atoms with Gasteiger partial charge < -0.3 is 5.73 Å². The summed E-state index contributed by atoms with van der Waals surface area (Å²) in [4.78, 5) is 0.